The highest BCUT2D eigenvalue weighted by Crippen LogP contribution is 2.45. The maximum Gasteiger partial charge on any atom is 0.161 e. The number of nitrogens with one attached hydrogen (secondary N) is 1. The monoisotopic (exact) mass is 337 g/mol. The van der Waals surface area contributed by atoms with Gasteiger partial charge in [-0.05, 0) is 30.7 Å². The van der Waals surface area contributed by atoms with Gasteiger partial charge in [-0.2, -0.15) is 0 Å². The molecule has 1 N–H and O–H groups in total. The predicted molar refractivity (Wildman–Crippen MR) is 95.6 cm³/mol. The highest BCUT2D eigenvalue weighted by Gasteiger charge is 2.52. The highest BCUT2D eigenvalue weighted by atomic mass is 16.5. The summed E-state index contributed by atoms with van der Waals surface area (Å²) in [7, 11) is 2.09. The Kier molecular flexibility index (Phi) is 3.36. The molecule has 2 aromatic rings. The Morgan fingerprint density at radius 1 is 1.28 bits per heavy atom. The summed E-state index contributed by atoms with van der Waals surface area (Å²) in [5, 5.41) is 2.15. The molecule has 3 aliphatic rings. The number of hydrazine groups is 1. The van der Waals surface area contributed by atoms with E-state index in [1.54, 1.807) is 0 Å². The normalized spacial score (nSPS) is 29.2. The zero-order valence-corrected chi connectivity index (χ0v) is 14.6. The lowest BCUT2D eigenvalue weighted by Crippen LogP contribution is -2.56. The number of nitrogens with zero attached hydrogens (tertiary/aromatic N) is 4. The quantitative estimate of drug-likeness (QED) is 0.856. The van der Waals surface area contributed by atoms with Gasteiger partial charge in [0.05, 0.1) is 19.0 Å². The maximum absolute atomic E-state index is 6.11. The minimum absolute atomic E-state index is 0.0221. The Hall–Kier alpha value is -1.99. The number of rotatable bonds is 1. The van der Waals surface area contributed by atoms with Crippen LogP contribution in [-0.2, 0) is 10.4 Å². The Labute approximate surface area is 148 Å². The lowest BCUT2D eigenvalue weighted by Gasteiger charge is -2.38. The van der Waals surface area contributed by atoms with E-state index in [0.29, 0.717) is 0 Å². The second kappa shape index (κ2) is 5.51. The van der Waals surface area contributed by atoms with E-state index in [2.05, 4.69) is 64.5 Å². The first kappa shape index (κ1) is 15.3. The number of aromatic nitrogens is 1. The van der Waals surface area contributed by atoms with Crippen LogP contribution in [0.2, 0.25) is 0 Å². The maximum atomic E-state index is 6.11. The molecule has 0 bridgehead atoms. The molecule has 1 aromatic heterocycles. The number of ether oxygens (including phenoxy) is 1. The summed E-state index contributed by atoms with van der Waals surface area (Å²) >= 11 is 0. The molecule has 2 atom stereocenters. The Morgan fingerprint density at radius 3 is 3.04 bits per heavy atom. The topological polar surface area (TPSA) is 43.9 Å². The van der Waals surface area contributed by atoms with Crippen LogP contribution in [0.4, 0.5) is 5.69 Å². The SMILES string of the molecule is Cc1ccc2c(c1)N1CN(C)NC1(c1ccccn1)CN1CCOC21. The van der Waals surface area contributed by atoms with Gasteiger partial charge in [-0.1, -0.05) is 18.2 Å². The van der Waals surface area contributed by atoms with Gasteiger partial charge in [-0.25, -0.2) is 10.4 Å². The number of hydrogen-bond acceptors (Lipinski definition) is 6. The van der Waals surface area contributed by atoms with Crippen LogP contribution in [0.25, 0.3) is 0 Å². The minimum Gasteiger partial charge on any atom is -0.357 e. The highest BCUT2D eigenvalue weighted by molar-refractivity contribution is 5.61. The van der Waals surface area contributed by atoms with E-state index in [9.17, 15) is 0 Å². The van der Waals surface area contributed by atoms with Crippen LogP contribution < -0.4 is 10.3 Å². The Balaban J connectivity index is 1.75. The summed E-state index contributed by atoms with van der Waals surface area (Å²) in [6, 6.07) is 12.8. The van der Waals surface area contributed by atoms with Crippen LogP contribution in [-0.4, -0.2) is 48.3 Å². The first-order chi connectivity index (χ1) is 12.2. The largest absolute Gasteiger partial charge is 0.357 e. The first-order valence-electron chi connectivity index (χ1n) is 8.82. The van der Waals surface area contributed by atoms with Crippen molar-refractivity contribution < 1.29 is 4.74 Å². The number of aryl methyl sites for hydroxylation is 1. The molecule has 2 fully saturated rings. The Bertz CT molecular complexity index is 798. The standard InChI is InChI=1S/C19H23N5O/c1-14-6-7-15-16(11-14)24-13-22(2)21-19(24,17-5-3-4-8-20-17)12-23-9-10-25-18(15)23/h3-8,11,18,21H,9-10,12-13H2,1-2H3. The predicted octanol–water partition coefficient (Wildman–Crippen LogP) is 1.80. The Morgan fingerprint density at radius 2 is 2.20 bits per heavy atom. The third-order valence-electron chi connectivity index (χ3n) is 5.44. The van der Waals surface area contributed by atoms with Crippen molar-refractivity contribution in [1.82, 2.24) is 20.3 Å². The van der Waals surface area contributed by atoms with Crippen molar-refractivity contribution in [3.05, 3.63) is 59.4 Å². The molecule has 0 amide bonds. The summed E-state index contributed by atoms with van der Waals surface area (Å²) in [6.07, 6.45) is 1.90. The van der Waals surface area contributed by atoms with Gasteiger partial charge in [-0.3, -0.25) is 9.88 Å². The average molecular weight is 337 g/mol. The minimum atomic E-state index is -0.388. The van der Waals surface area contributed by atoms with Gasteiger partial charge in [0.15, 0.2) is 5.66 Å². The average Bonchev–Trinajstić information content (AvgIpc) is 3.18. The third kappa shape index (κ3) is 2.22. The van der Waals surface area contributed by atoms with Crippen molar-refractivity contribution in [3.8, 4) is 0 Å². The van der Waals surface area contributed by atoms with Gasteiger partial charge < -0.3 is 9.64 Å². The van der Waals surface area contributed by atoms with Crippen molar-refractivity contribution in [2.45, 2.75) is 18.8 Å². The van der Waals surface area contributed by atoms with Gasteiger partial charge in [0.25, 0.3) is 0 Å². The summed E-state index contributed by atoms with van der Waals surface area (Å²) < 4.78 is 6.11. The molecule has 6 nitrogen and oxygen atoms in total. The van der Waals surface area contributed by atoms with E-state index in [-0.39, 0.29) is 11.9 Å². The zero-order chi connectivity index (χ0) is 17.0. The van der Waals surface area contributed by atoms with Crippen molar-refractivity contribution in [2.24, 2.45) is 0 Å². The van der Waals surface area contributed by atoms with Crippen LogP contribution in [0.15, 0.2) is 42.6 Å². The smallest absolute Gasteiger partial charge is 0.161 e. The molecule has 6 heteroatoms. The van der Waals surface area contributed by atoms with E-state index in [0.717, 1.165) is 32.1 Å². The zero-order valence-electron chi connectivity index (χ0n) is 14.6. The lowest BCUT2D eigenvalue weighted by molar-refractivity contribution is 0.0205. The summed E-state index contributed by atoms with van der Waals surface area (Å²) in [6.45, 7) is 5.48. The molecule has 4 heterocycles. The van der Waals surface area contributed by atoms with Crippen molar-refractivity contribution >= 4 is 5.69 Å². The number of benzene rings is 1. The summed E-state index contributed by atoms with van der Waals surface area (Å²) in [5.41, 5.74) is 8.09. The fourth-order valence-electron chi connectivity index (χ4n) is 4.37. The van der Waals surface area contributed by atoms with Gasteiger partial charge in [-0.15, -0.1) is 0 Å². The fourth-order valence-corrected chi connectivity index (χ4v) is 4.37. The summed E-state index contributed by atoms with van der Waals surface area (Å²) in [5.74, 6) is 0. The second-order valence-electron chi connectivity index (χ2n) is 7.21. The van der Waals surface area contributed by atoms with Crippen LogP contribution in [0.3, 0.4) is 0 Å². The molecular formula is C19H23N5O. The van der Waals surface area contributed by atoms with E-state index >= 15 is 0 Å². The van der Waals surface area contributed by atoms with Gasteiger partial charge in [0.2, 0.25) is 0 Å². The van der Waals surface area contributed by atoms with Crippen LogP contribution in [0.5, 0.6) is 0 Å². The van der Waals surface area contributed by atoms with Crippen LogP contribution in [0, 0.1) is 6.92 Å². The second-order valence-corrected chi connectivity index (χ2v) is 7.21. The molecule has 130 valence electrons. The molecule has 25 heavy (non-hydrogen) atoms. The molecule has 5 rings (SSSR count). The number of pyridine rings is 1. The van der Waals surface area contributed by atoms with Gasteiger partial charge >= 0.3 is 0 Å². The number of fused-ring (bicyclic) bond motifs is 5. The van der Waals surface area contributed by atoms with Crippen LogP contribution >= 0.6 is 0 Å². The molecule has 0 radical (unpaired) electrons. The van der Waals surface area contributed by atoms with E-state index < -0.39 is 0 Å². The lowest BCUT2D eigenvalue weighted by atomic mass is 10.0. The molecule has 2 saturated heterocycles. The fraction of sp³-hybridized carbons (Fsp3) is 0.421. The summed E-state index contributed by atoms with van der Waals surface area (Å²) in [4.78, 5) is 9.59. The van der Waals surface area contributed by atoms with E-state index in [1.165, 1.54) is 16.8 Å². The van der Waals surface area contributed by atoms with Crippen molar-refractivity contribution in [2.75, 3.05) is 38.3 Å². The van der Waals surface area contributed by atoms with E-state index in [1.807, 2.05) is 12.3 Å². The van der Waals surface area contributed by atoms with Crippen molar-refractivity contribution in [1.29, 1.82) is 0 Å². The third-order valence-corrected chi connectivity index (χ3v) is 5.44. The molecule has 2 unspecified atom stereocenters. The van der Waals surface area contributed by atoms with E-state index in [4.69, 9.17) is 9.72 Å². The van der Waals surface area contributed by atoms with Gasteiger partial charge in [0, 0.05) is 37.6 Å². The number of anilines is 1. The van der Waals surface area contributed by atoms with Crippen molar-refractivity contribution in [3.63, 3.8) is 0 Å². The first-order valence-corrected chi connectivity index (χ1v) is 8.82. The molecular weight excluding hydrogens is 314 g/mol. The molecule has 3 aliphatic heterocycles. The molecule has 0 aliphatic carbocycles. The van der Waals surface area contributed by atoms with Crippen LogP contribution in [0.1, 0.15) is 23.0 Å². The van der Waals surface area contributed by atoms with Gasteiger partial charge in [0.1, 0.15) is 6.23 Å². The molecule has 1 aromatic carbocycles. The molecule has 0 saturated carbocycles. The number of hydrogen-bond donors (Lipinski definition) is 1. The molecule has 0 spiro atoms.